The number of alkyl carbamates (subject to hydrolysis) is 1. The van der Waals surface area contributed by atoms with Crippen molar-refractivity contribution in [2.24, 2.45) is 17.8 Å². The molecule has 0 unspecified atom stereocenters. The van der Waals surface area contributed by atoms with E-state index in [2.05, 4.69) is 15.6 Å². The fourth-order valence-corrected chi connectivity index (χ4v) is 5.80. The monoisotopic (exact) mass is 588 g/mol. The Labute approximate surface area is 215 Å². The van der Waals surface area contributed by atoms with Gasteiger partial charge in [0.05, 0.1) is 9.26 Å². The molecule has 1 aromatic rings. The van der Waals surface area contributed by atoms with E-state index in [0.29, 0.717) is 11.8 Å². The van der Waals surface area contributed by atoms with E-state index in [-0.39, 0.29) is 21.0 Å². The number of nitrogen functional groups attached to an aromatic ring is 1. The number of hydrogen-bond acceptors (Lipinski definition) is 5. The Balaban J connectivity index is 1.92. The van der Waals surface area contributed by atoms with Crippen LogP contribution in [0.4, 0.5) is 20.7 Å². The van der Waals surface area contributed by atoms with Crippen molar-refractivity contribution >= 4 is 46.1 Å². The smallest absolute Gasteiger partial charge is 0.408 e. The standard InChI is InChI=1S/C25H38FIN4O3/c1-25(2,3)34-24(33)31-21(23(32)30-18-14-17(28)20(27)22(26)29-18)19(15-10-6-4-7-11-15)16-12-8-5-9-13-16/h14-16,19,21H,4-13H2,1-3H3,(H,31,33)(H3,28,29,30,32)/t21-/m0/s1. The molecule has 34 heavy (non-hydrogen) atoms. The van der Waals surface area contributed by atoms with E-state index in [9.17, 15) is 14.0 Å². The summed E-state index contributed by atoms with van der Waals surface area (Å²) in [7, 11) is 0. The van der Waals surface area contributed by atoms with Crippen molar-refractivity contribution < 1.29 is 18.7 Å². The number of rotatable bonds is 6. The number of halogens is 2. The summed E-state index contributed by atoms with van der Waals surface area (Å²) in [5.74, 6) is -0.423. The van der Waals surface area contributed by atoms with Gasteiger partial charge in [-0.2, -0.15) is 4.39 Å². The second-order valence-corrected chi connectivity index (χ2v) is 11.8. The van der Waals surface area contributed by atoms with Crippen LogP contribution >= 0.6 is 22.6 Å². The Morgan fingerprint density at radius 1 is 1.09 bits per heavy atom. The van der Waals surface area contributed by atoms with Gasteiger partial charge in [-0.15, -0.1) is 0 Å². The van der Waals surface area contributed by atoms with E-state index >= 15 is 0 Å². The van der Waals surface area contributed by atoms with Gasteiger partial charge in [0.1, 0.15) is 17.5 Å². The summed E-state index contributed by atoms with van der Waals surface area (Å²) in [6.45, 7) is 5.38. The molecular formula is C25H38FIN4O3. The third-order valence-corrected chi connectivity index (χ3v) is 7.99. The predicted octanol–water partition coefficient (Wildman–Crippen LogP) is 6.02. The van der Waals surface area contributed by atoms with Crippen molar-refractivity contribution in [1.82, 2.24) is 10.3 Å². The van der Waals surface area contributed by atoms with Crippen LogP contribution in [0.2, 0.25) is 0 Å². The minimum absolute atomic E-state index is 0.0147. The van der Waals surface area contributed by atoms with Crippen LogP contribution in [0, 0.1) is 27.3 Å². The zero-order valence-corrected chi connectivity index (χ0v) is 22.6. The van der Waals surface area contributed by atoms with E-state index in [1.807, 2.05) is 0 Å². The van der Waals surface area contributed by atoms with Crippen LogP contribution in [0.1, 0.15) is 85.0 Å². The number of ether oxygens (including phenoxy) is 1. The maximum Gasteiger partial charge on any atom is 0.408 e. The lowest BCUT2D eigenvalue weighted by Gasteiger charge is -2.42. The lowest BCUT2D eigenvalue weighted by atomic mass is 9.66. The molecule has 4 N–H and O–H groups in total. The summed E-state index contributed by atoms with van der Waals surface area (Å²) in [6.07, 6.45) is 10.5. The average molecular weight is 589 g/mol. The topological polar surface area (TPSA) is 106 Å². The number of carbonyl (C=O) groups excluding carboxylic acids is 2. The Kier molecular flexibility index (Phi) is 9.40. The largest absolute Gasteiger partial charge is 0.444 e. The van der Waals surface area contributed by atoms with Gasteiger partial charge < -0.3 is 21.1 Å². The first-order chi connectivity index (χ1) is 16.0. The molecule has 2 aliphatic carbocycles. The zero-order chi connectivity index (χ0) is 24.9. The molecule has 1 heterocycles. The molecule has 3 rings (SSSR count). The van der Waals surface area contributed by atoms with Crippen molar-refractivity contribution in [3.05, 3.63) is 15.6 Å². The fraction of sp³-hybridized carbons (Fsp3) is 0.720. The van der Waals surface area contributed by atoms with Gasteiger partial charge in [0.2, 0.25) is 11.9 Å². The summed E-state index contributed by atoms with van der Waals surface area (Å²) in [5.41, 5.74) is 5.40. The number of hydrogen-bond donors (Lipinski definition) is 3. The van der Waals surface area contributed by atoms with Gasteiger partial charge in [0.15, 0.2) is 0 Å². The van der Waals surface area contributed by atoms with Gasteiger partial charge in [-0.3, -0.25) is 4.79 Å². The van der Waals surface area contributed by atoms with Crippen LogP contribution in [0.15, 0.2) is 6.07 Å². The first-order valence-electron chi connectivity index (χ1n) is 12.5. The molecule has 2 saturated carbocycles. The Hall–Kier alpha value is -1.65. The van der Waals surface area contributed by atoms with Crippen LogP contribution < -0.4 is 16.4 Å². The Morgan fingerprint density at radius 2 is 1.62 bits per heavy atom. The van der Waals surface area contributed by atoms with Crippen molar-refractivity contribution in [2.75, 3.05) is 11.1 Å². The minimum atomic E-state index is -0.800. The van der Waals surface area contributed by atoms with Crippen molar-refractivity contribution in [1.29, 1.82) is 0 Å². The maximum absolute atomic E-state index is 14.2. The molecule has 0 saturated heterocycles. The summed E-state index contributed by atoms with van der Waals surface area (Å²) in [5, 5.41) is 5.64. The third kappa shape index (κ3) is 7.42. The lowest BCUT2D eigenvalue weighted by Crippen LogP contribution is -2.54. The predicted molar refractivity (Wildman–Crippen MR) is 140 cm³/mol. The second-order valence-electron chi connectivity index (χ2n) is 10.7. The number of aromatic nitrogens is 1. The highest BCUT2D eigenvalue weighted by molar-refractivity contribution is 14.1. The summed E-state index contributed by atoms with van der Waals surface area (Å²) in [4.78, 5) is 30.3. The zero-order valence-electron chi connectivity index (χ0n) is 20.5. The van der Waals surface area contributed by atoms with E-state index in [4.69, 9.17) is 10.5 Å². The molecule has 0 spiro atoms. The van der Waals surface area contributed by atoms with Crippen LogP contribution in [-0.4, -0.2) is 28.6 Å². The minimum Gasteiger partial charge on any atom is -0.444 e. The van der Waals surface area contributed by atoms with Gasteiger partial charge in [-0.1, -0.05) is 64.2 Å². The summed E-state index contributed by atoms with van der Waals surface area (Å²) < 4.78 is 19.9. The molecule has 190 valence electrons. The second kappa shape index (κ2) is 11.9. The van der Waals surface area contributed by atoms with Gasteiger partial charge in [-0.25, -0.2) is 9.78 Å². The Bertz CT molecular complexity index is 823. The van der Waals surface area contributed by atoms with E-state index in [0.717, 1.165) is 51.4 Å². The summed E-state index contributed by atoms with van der Waals surface area (Å²) >= 11 is 1.78. The quantitative estimate of drug-likeness (QED) is 0.279. The number of amides is 2. The summed E-state index contributed by atoms with van der Waals surface area (Å²) in [6, 6.07) is 0.648. The lowest BCUT2D eigenvalue weighted by molar-refractivity contribution is -0.121. The molecule has 2 fully saturated rings. The first-order valence-corrected chi connectivity index (χ1v) is 13.5. The highest BCUT2D eigenvalue weighted by atomic mass is 127. The molecule has 7 nitrogen and oxygen atoms in total. The normalized spacial score (nSPS) is 19.0. The van der Waals surface area contributed by atoms with E-state index in [1.54, 1.807) is 43.4 Å². The van der Waals surface area contributed by atoms with Gasteiger partial charge in [0, 0.05) is 6.07 Å². The highest BCUT2D eigenvalue weighted by Gasteiger charge is 2.41. The van der Waals surface area contributed by atoms with Crippen LogP contribution in [0.3, 0.4) is 0 Å². The highest BCUT2D eigenvalue weighted by Crippen LogP contribution is 2.42. The Morgan fingerprint density at radius 3 is 2.09 bits per heavy atom. The molecule has 2 aliphatic rings. The molecule has 0 radical (unpaired) electrons. The molecular weight excluding hydrogens is 550 g/mol. The van der Waals surface area contributed by atoms with Crippen LogP contribution in [0.5, 0.6) is 0 Å². The van der Waals surface area contributed by atoms with E-state index < -0.39 is 29.6 Å². The van der Waals surface area contributed by atoms with Crippen LogP contribution in [0.25, 0.3) is 0 Å². The molecule has 0 bridgehead atoms. The molecule has 9 heteroatoms. The molecule has 1 atom stereocenters. The van der Waals surface area contributed by atoms with Crippen molar-refractivity contribution in [3.63, 3.8) is 0 Å². The molecule has 2 amide bonds. The number of anilines is 2. The van der Waals surface area contributed by atoms with Gasteiger partial charge in [-0.05, 0) is 61.1 Å². The molecule has 0 aromatic carbocycles. The number of nitrogens with two attached hydrogens (primary N) is 1. The van der Waals surface area contributed by atoms with E-state index in [1.165, 1.54) is 18.9 Å². The third-order valence-electron chi connectivity index (χ3n) is 6.92. The van der Waals surface area contributed by atoms with Gasteiger partial charge in [0.25, 0.3) is 0 Å². The van der Waals surface area contributed by atoms with Crippen LogP contribution in [-0.2, 0) is 9.53 Å². The maximum atomic E-state index is 14.2. The average Bonchev–Trinajstić information content (AvgIpc) is 2.77. The molecule has 1 aromatic heterocycles. The SMILES string of the molecule is CC(C)(C)OC(=O)N[C@H](C(=O)Nc1cc(N)c(I)c(F)n1)C(C1CCCCC1)C1CCCCC1. The number of nitrogens with one attached hydrogen (secondary N) is 2. The van der Waals surface area contributed by atoms with Gasteiger partial charge >= 0.3 is 6.09 Å². The number of carbonyl (C=O) groups is 2. The van der Waals surface area contributed by atoms with Crippen molar-refractivity contribution in [2.45, 2.75) is 96.6 Å². The van der Waals surface area contributed by atoms with Crippen molar-refractivity contribution in [3.8, 4) is 0 Å². The molecule has 0 aliphatic heterocycles. The number of pyridine rings is 1. The first kappa shape index (κ1) is 26.9. The fourth-order valence-electron chi connectivity index (χ4n) is 5.52. The number of nitrogens with zero attached hydrogens (tertiary/aromatic N) is 1.